The quantitative estimate of drug-likeness (QED) is 0.631. The molecule has 2 heterocycles. The first-order chi connectivity index (χ1) is 14.6. The molecule has 0 saturated carbocycles. The van der Waals surface area contributed by atoms with Crippen LogP contribution in [-0.4, -0.2) is 64.5 Å². The normalized spacial score (nSPS) is 24.7. The standard InChI is InChI=1S/C25H39N3O3/c1-17(15-25(2,3)27(4)23(30)16-29)10-11-28-21-8-9-22(28)14-20(13-21)18-6-5-7-19(12-18)24(26)31/h5-7,12,17,20-22,29H,8-11,13-16H2,1-4H3,(H2,26,31)/t17?,20?,21-,22+. The summed E-state index contributed by atoms with van der Waals surface area (Å²) >= 11 is 0. The minimum Gasteiger partial charge on any atom is -0.387 e. The first kappa shape index (κ1) is 23.7. The second-order valence-corrected chi connectivity index (χ2v) is 10.3. The predicted octanol–water partition coefficient (Wildman–Crippen LogP) is 3.14. The Hall–Kier alpha value is -1.92. The number of aliphatic hydroxyl groups excluding tert-OH is 1. The number of primary amides is 1. The Kier molecular flexibility index (Phi) is 7.43. The van der Waals surface area contributed by atoms with Crippen LogP contribution in [-0.2, 0) is 4.79 Å². The van der Waals surface area contributed by atoms with Gasteiger partial charge in [-0.2, -0.15) is 0 Å². The van der Waals surface area contributed by atoms with E-state index >= 15 is 0 Å². The van der Waals surface area contributed by atoms with E-state index in [1.165, 1.54) is 18.4 Å². The van der Waals surface area contributed by atoms with Crippen molar-refractivity contribution in [3.8, 4) is 0 Å². The van der Waals surface area contributed by atoms with Gasteiger partial charge in [-0.1, -0.05) is 19.1 Å². The van der Waals surface area contributed by atoms with Crippen molar-refractivity contribution in [3.63, 3.8) is 0 Å². The molecule has 2 amide bonds. The minimum absolute atomic E-state index is 0.224. The number of aliphatic hydroxyl groups is 1. The lowest BCUT2D eigenvalue weighted by Gasteiger charge is -2.41. The van der Waals surface area contributed by atoms with Crippen LogP contribution in [0, 0.1) is 5.92 Å². The van der Waals surface area contributed by atoms with Crippen LogP contribution >= 0.6 is 0 Å². The first-order valence-corrected chi connectivity index (χ1v) is 11.7. The molecule has 0 radical (unpaired) electrons. The molecule has 0 aliphatic carbocycles. The molecule has 1 aromatic carbocycles. The molecule has 2 bridgehead atoms. The summed E-state index contributed by atoms with van der Waals surface area (Å²) < 4.78 is 0. The predicted molar refractivity (Wildman–Crippen MR) is 123 cm³/mol. The van der Waals surface area contributed by atoms with Crippen molar-refractivity contribution in [2.75, 3.05) is 20.2 Å². The Morgan fingerprint density at radius 1 is 1.26 bits per heavy atom. The highest BCUT2D eigenvalue weighted by Crippen LogP contribution is 2.43. The van der Waals surface area contributed by atoms with E-state index in [0.29, 0.717) is 29.5 Å². The van der Waals surface area contributed by atoms with Gasteiger partial charge in [0.15, 0.2) is 0 Å². The number of likely N-dealkylation sites (N-methyl/N-ethyl adjacent to an activating group) is 1. The zero-order chi connectivity index (χ0) is 22.8. The molecule has 3 rings (SSSR count). The van der Waals surface area contributed by atoms with Gasteiger partial charge in [0.05, 0.1) is 0 Å². The summed E-state index contributed by atoms with van der Waals surface area (Å²) in [6.07, 6.45) is 6.83. The van der Waals surface area contributed by atoms with Gasteiger partial charge in [-0.3, -0.25) is 14.5 Å². The van der Waals surface area contributed by atoms with Crippen LogP contribution in [0.2, 0.25) is 0 Å². The molecule has 2 unspecified atom stereocenters. The molecule has 172 valence electrons. The number of rotatable bonds is 9. The van der Waals surface area contributed by atoms with Crippen molar-refractivity contribution >= 4 is 11.8 Å². The van der Waals surface area contributed by atoms with Crippen molar-refractivity contribution in [2.24, 2.45) is 11.7 Å². The number of hydrogen-bond acceptors (Lipinski definition) is 4. The summed E-state index contributed by atoms with van der Waals surface area (Å²) in [5.41, 5.74) is 7.06. The van der Waals surface area contributed by atoms with E-state index in [2.05, 4.69) is 31.7 Å². The van der Waals surface area contributed by atoms with Crippen LogP contribution in [0.4, 0.5) is 0 Å². The third kappa shape index (κ3) is 5.47. The minimum atomic E-state index is -0.436. The lowest BCUT2D eigenvalue weighted by Crippen LogP contribution is -2.47. The van der Waals surface area contributed by atoms with Gasteiger partial charge in [0.1, 0.15) is 6.61 Å². The van der Waals surface area contributed by atoms with E-state index in [-0.39, 0.29) is 17.4 Å². The molecule has 31 heavy (non-hydrogen) atoms. The van der Waals surface area contributed by atoms with Gasteiger partial charge in [-0.05, 0) is 88.4 Å². The SMILES string of the molecule is CC(CCN1[C@@H]2CC[C@H]1CC(c1cccc(C(N)=O)c1)C2)CC(C)(C)N(C)C(=O)CO. The Labute approximate surface area is 186 Å². The molecule has 0 aromatic heterocycles. The Morgan fingerprint density at radius 3 is 2.48 bits per heavy atom. The summed E-state index contributed by atoms with van der Waals surface area (Å²) in [6.45, 7) is 7.08. The van der Waals surface area contributed by atoms with Crippen LogP contribution in [0.1, 0.15) is 81.1 Å². The average molecular weight is 430 g/mol. The number of fused-ring (bicyclic) bond motifs is 2. The van der Waals surface area contributed by atoms with Gasteiger partial charge in [-0.15, -0.1) is 0 Å². The molecular weight excluding hydrogens is 390 g/mol. The average Bonchev–Trinajstić information content (AvgIpc) is 2.97. The summed E-state index contributed by atoms with van der Waals surface area (Å²) in [7, 11) is 1.78. The van der Waals surface area contributed by atoms with Crippen LogP contribution < -0.4 is 5.73 Å². The molecule has 3 N–H and O–H groups in total. The van der Waals surface area contributed by atoms with Crippen molar-refractivity contribution in [1.82, 2.24) is 9.80 Å². The molecular formula is C25H39N3O3. The maximum atomic E-state index is 11.9. The summed E-state index contributed by atoms with van der Waals surface area (Å²) in [6, 6.07) is 9.09. The number of piperidine rings is 1. The maximum absolute atomic E-state index is 11.9. The zero-order valence-electron chi connectivity index (χ0n) is 19.5. The van der Waals surface area contributed by atoms with Crippen LogP contribution in [0.3, 0.4) is 0 Å². The molecule has 6 nitrogen and oxygen atoms in total. The number of hydrogen-bond donors (Lipinski definition) is 2. The third-order valence-corrected chi connectivity index (χ3v) is 7.67. The monoisotopic (exact) mass is 429 g/mol. The number of nitrogens with two attached hydrogens (primary N) is 1. The van der Waals surface area contributed by atoms with E-state index in [0.717, 1.165) is 32.2 Å². The van der Waals surface area contributed by atoms with Gasteiger partial charge >= 0.3 is 0 Å². The molecule has 4 atom stereocenters. The number of carbonyl (C=O) groups is 2. The highest BCUT2D eigenvalue weighted by atomic mass is 16.3. The van der Waals surface area contributed by atoms with Crippen molar-refractivity contribution < 1.29 is 14.7 Å². The van der Waals surface area contributed by atoms with E-state index < -0.39 is 6.61 Å². The molecule has 2 aliphatic heterocycles. The van der Waals surface area contributed by atoms with Gasteiger partial charge in [0, 0.05) is 30.2 Å². The third-order valence-electron chi connectivity index (χ3n) is 7.67. The molecule has 2 fully saturated rings. The number of nitrogens with zero attached hydrogens (tertiary/aromatic N) is 2. The molecule has 1 aromatic rings. The Balaban J connectivity index is 1.55. The van der Waals surface area contributed by atoms with Gasteiger partial charge < -0.3 is 15.7 Å². The van der Waals surface area contributed by atoms with Crippen LogP contribution in [0.15, 0.2) is 24.3 Å². The molecule has 2 saturated heterocycles. The van der Waals surface area contributed by atoms with Gasteiger partial charge in [0.25, 0.3) is 0 Å². The Bertz CT molecular complexity index is 780. The Morgan fingerprint density at radius 2 is 1.90 bits per heavy atom. The molecule has 6 heteroatoms. The highest BCUT2D eigenvalue weighted by Gasteiger charge is 2.41. The fourth-order valence-electron chi connectivity index (χ4n) is 5.76. The molecule has 2 aliphatic rings. The van der Waals surface area contributed by atoms with E-state index in [9.17, 15) is 9.59 Å². The highest BCUT2D eigenvalue weighted by molar-refractivity contribution is 5.92. The van der Waals surface area contributed by atoms with Crippen molar-refractivity contribution in [1.29, 1.82) is 0 Å². The van der Waals surface area contributed by atoms with Crippen molar-refractivity contribution in [2.45, 2.75) is 82.8 Å². The lowest BCUT2D eigenvalue weighted by atomic mass is 9.83. The topological polar surface area (TPSA) is 86.9 Å². The maximum Gasteiger partial charge on any atom is 0.248 e. The second kappa shape index (κ2) is 9.70. The lowest BCUT2D eigenvalue weighted by molar-refractivity contribution is -0.138. The fourth-order valence-corrected chi connectivity index (χ4v) is 5.76. The number of amides is 2. The fraction of sp³-hybridized carbons (Fsp3) is 0.680. The number of benzene rings is 1. The number of carbonyl (C=O) groups excluding carboxylic acids is 2. The van der Waals surface area contributed by atoms with Gasteiger partial charge in [-0.25, -0.2) is 0 Å². The van der Waals surface area contributed by atoms with E-state index in [1.54, 1.807) is 18.0 Å². The van der Waals surface area contributed by atoms with Gasteiger partial charge in [0.2, 0.25) is 11.8 Å². The van der Waals surface area contributed by atoms with E-state index in [1.807, 2.05) is 12.1 Å². The second-order valence-electron chi connectivity index (χ2n) is 10.3. The summed E-state index contributed by atoms with van der Waals surface area (Å²) in [5.74, 6) is 0.416. The smallest absolute Gasteiger partial charge is 0.248 e. The molecule has 0 spiro atoms. The summed E-state index contributed by atoms with van der Waals surface area (Å²) in [4.78, 5) is 27.8. The largest absolute Gasteiger partial charge is 0.387 e. The van der Waals surface area contributed by atoms with Crippen LogP contribution in [0.5, 0.6) is 0 Å². The zero-order valence-corrected chi connectivity index (χ0v) is 19.5. The van der Waals surface area contributed by atoms with Crippen molar-refractivity contribution in [3.05, 3.63) is 35.4 Å². The van der Waals surface area contributed by atoms with Crippen LogP contribution in [0.25, 0.3) is 0 Å². The van der Waals surface area contributed by atoms with E-state index in [4.69, 9.17) is 10.8 Å². The first-order valence-electron chi connectivity index (χ1n) is 11.7. The summed E-state index contributed by atoms with van der Waals surface area (Å²) in [5, 5.41) is 9.17.